The molecule has 19 heavy (non-hydrogen) atoms. The monoisotopic (exact) mass is 295 g/mol. The topological polar surface area (TPSA) is 81.1 Å². The summed E-state index contributed by atoms with van der Waals surface area (Å²) in [5.74, 6) is -0.585. The second kappa shape index (κ2) is 5.38. The number of carbonyl (C=O) groups excluding carboxylic acids is 1. The van der Waals surface area contributed by atoms with Crippen molar-refractivity contribution in [2.24, 2.45) is 5.73 Å². The maximum absolute atomic E-state index is 11.2. The summed E-state index contributed by atoms with van der Waals surface area (Å²) in [5.41, 5.74) is 12.8. The van der Waals surface area contributed by atoms with Crippen molar-refractivity contribution < 1.29 is 4.79 Å². The van der Waals surface area contributed by atoms with E-state index in [1.165, 1.54) is 0 Å². The van der Waals surface area contributed by atoms with E-state index in [2.05, 4.69) is 5.32 Å². The molecule has 0 unspecified atom stereocenters. The Morgan fingerprint density at radius 2 is 1.84 bits per heavy atom. The number of halogens is 2. The van der Waals surface area contributed by atoms with Crippen LogP contribution in [-0.2, 0) is 0 Å². The molecule has 0 aliphatic carbocycles. The number of anilines is 3. The summed E-state index contributed by atoms with van der Waals surface area (Å²) >= 11 is 11.9. The summed E-state index contributed by atoms with van der Waals surface area (Å²) in [6, 6.07) is 9.97. The van der Waals surface area contributed by atoms with Crippen LogP contribution in [0.5, 0.6) is 0 Å². The largest absolute Gasteiger partial charge is 0.396 e. The molecule has 0 saturated heterocycles. The molecule has 0 atom stereocenters. The van der Waals surface area contributed by atoms with Crippen LogP contribution in [0.15, 0.2) is 36.4 Å². The number of hydrogen-bond acceptors (Lipinski definition) is 3. The first-order chi connectivity index (χ1) is 8.99. The van der Waals surface area contributed by atoms with Crippen molar-refractivity contribution in [2.75, 3.05) is 11.1 Å². The lowest BCUT2D eigenvalue weighted by atomic mass is 10.1. The highest BCUT2D eigenvalue weighted by atomic mass is 35.5. The average Bonchev–Trinajstić information content (AvgIpc) is 2.36. The van der Waals surface area contributed by atoms with Gasteiger partial charge >= 0.3 is 0 Å². The fourth-order valence-electron chi connectivity index (χ4n) is 1.63. The van der Waals surface area contributed by atoms with Crippen LogP contribution >= 0.6 is 23.2 Å². The van der Waals surface area contributed by atoms with Gasteiger partial charge in [0.05, 0.1) is 27.6 Å². The molecule has 2 aromatic rings. The van der Waals surface area contributed by atoms with Crippen molar-refractivity contribution in [2.45, 2.75) is 0 Å². The lowest BCUT2D eigenvalue weighted by Crippen LogP contribution is -2.14. The number of hydrogen-bond donors (Lipinski definition) is 3. The molecule has 0 heterocycles. The van der Waals surface area contributed by atoms with Gasteiger partial charge in [0.2, 0.25) is 0 Å². The van der Waals surface area contributed by atoms with Crippen molar-refractivity contribution in [3.63, 3.8) is 0 Å². The van der Waals surface area contributed by atoms with E-state index in [4.69, 9.17) is 34.7 Å². The van der Waals surface area contributed by atoms with Crippen molar-refractivity contribution >= 4 is 46.2 Å². The Bertz CT molecular complexity index is 644. The van der Waals surface area contributed by atoms with E-state index in [1.807, 2.05) is 0 Å². The highest BCUT2D eigenvalue weighted by Crippen LogP contribution is 2.31. The van der Waals surface area contributed by atoms with Crippen LogP contribution in [0, 0.1) is 0 Å². The van der Waals surface area contributed by atoms with Crippen LogP contribution in [0.1, 0.15) is 10.4 Å². The molecule has 0 bridgehead atoms. The van der Waals surface area contributed by atoms with Crippen LogP contribution in [0.4, 0.5) is 17.1 Å². The smallest absolute Gasteiger partial charge is 0.250 e. The van der Waals surface area contributed by atoms with Crippen LogP contribution in [-0.4, -0.2) is 5.91 Å². The highest BCUT2D eigenvalue weighted by molar-refractivity contribution is 6.35. The highest BCUT2D eigenvalue weighted by Gasteiger charge is 2.10. The molecule has 0 fully saturated rings. The number of nitrogens with one attached hydrogen (secondary N) is 1. The lowest BCUT2D eigenvalue weighted by Gasteiger charge is -2.13. The molecule has 0 aliphatic heterocycles. The third-order valence-electron chi connectivity index (χ3n) is 2.57. The Labute approximate surface area is 120 Å². The van der Waals surface area contributed by atoms with E-state index < -0.39 is 5.91 Å². The van der Waals surface area contributed by atoms with Crippen LogP contribution in [0.25, 0.3) is 0 Å². The van der Waals surface area contributed by atoms with Gasteiger partial charge in [-0.1, -0.05) is 29.3 Å². The minimum Gasteiger partial charge on any atom is -0.396 e. The van der Waals surface area contributed by atoms with E-state index >= 15 is 0 Å². The summed E-state index contributed by atoms with van der Waals surface area (Å²) in [5, 5.41) is 4.06. The first kappa shape index (κ1) is 13.5. The van der Waals surface area contributed by atoms with E-state index in [0.717, 1.165) is 0 Å². The Balaban J connectivity index is 2.41. The predicted octanol–water partition coefficient (Wildman–Crippen LogP) is 3.42. The zero-order valence-electron chi connectivity index (χ0n) is 9.78. The second-order valence-corrected chi connectivity index (χ2v) is 4.72. The molecule has 0 aliphatic rings. The van der Waals surface area contributed by atoms with Gasteiger partial charge in [-0.3, -0.25) is 4.79 Å². The van der Waals surface area contributed by atoms with Crippen molar-refractivity contribution in [3.8, 4) is 0 Å². The van der Waals surface area contributed by atoms with Gasteiger partial charge in [-0.2, -0.15) is 0 Å². The number of rotatable bonds is 3. The lowest BCUT2D eigenvalue weighted by molar-refractivity contribution is 0.100. The van der Waals surface area contributed by atoms with Crippen LogP contribution in [0.3, 0.4) is 0 Å². The molecule has 6 heteroatoms. The Morgan fingerprint density at radius 1 is 1.11 bits per heavy atom. The maximum Gasteiger partial charge on any atom is 0.250 e. The number of benzene rings is 2. The molecule has 5 N–H and O–H groups in total. The summed E-state index contributed by atoms with van der Waals surface area (Å²) in [4.78, 5) is 11.2. The van der Waals surface area contributed by atoms with Gasteiger partial charge in [0, 0.05) is 5.02 Å². The molecule has 98 valence electrons. The normalized spacial score (nSPS) is 10.2. The Kier molecular flexibility index (Phi) is 3.83. The van der Waals surface area contributed by atoms with Gasteiger partial charge in [-0.05, 0) is 30.3 Å². The summed E-state index contributed by atoms with van der Waals surface area (Å²) < 4.78 is 0. The van der Waals surface area contributed by atoms with Gasteiger partial charge in [-0.25, -0.2) is 0 Å². The van der Waals surface area contributed by atoms with E-state index in [0.29, 0.717) is 21.4 Å². The zero-order chi connectivity index (χ0) is 14.0. The van der Waals surface area contributed by atoms with Gasteiger partial charge < -0.3 is 16.8 Å². The molecule has 0 radical (unpaired) electrons. The first-order valence-electron chi connectivity index (χ1n) is 5.39. The average molecular weight is 296 g/mol. The number of para-hydroxylation sites is 1. The van der Waals surface area contributed by atoms with Gasteiger partial charge in [0.25, 0.3) is 5.91 Å². The van der Waals surface area contributed by atoms with Gasteiger partial charge in [-0.15, -0.1) is 0 Å². The number of carbonyl (C=O) groups is 1. The second-order valence-electron chi connectivity index (χ2n) is 3.88. The number of nitrogens with two attached hydrogens (primary N) is 2. The SMILES string of the molecule is NC(=O)c1cccc(Nc2cc(Cl)ccc2Cl)c1N. The number of amides is 1. The molecule has 2 aromatic carbocycles. The summed E-state index contributed by atoms with van der Waals surface area (Å²) in [6.45, 7) is 0. The van der Waals surface area contributed by atoms with Gasteiger partial charge in [0.1, 0.15) is 0 Å². The molecule has 0 spiro atoms. The molecular weight excluding hydrogens is 285 g/mol. The number of nitrogen functional groups attached to an aromatic ring is 1. The molecule has 0 saturated carbocycles. The summed E-state index contributed by atoms with van der Waals surface area (Å²) in [6.07, 6.45) is 0. The Morgan fingerprint density at radius 3 is 2.53 bits per heavy atom. The number of primary amides is 1. The Hall–Kier alpha value is -1.91. The van der Waals surface area contributed by atoms with E-state index in [-0.39, 0.29) is 11.3 Å². The van der Waals surface area contributed by atoms with Crippen LogP contribution < -0.4 is 16.8 Å². The first-order valence-corrected chi connectivity index (χ1v) is 6.15. The van der Waals surface area contributed by atoms with E-state index in [9.17, 15) is 4.79 Å². The van der Waals surface area contributed by atoms with E-state index in [1.54, 1.807) is 36.4 Å². The molecule has 1 amide bonds. The van der Waals surface area contributed by atoms with Crippen molar-refractivity contribution in [1.82, 2.24) is 0 Å². The van der Waals surface area contributed by atoms with Gasteiger partial charge in [0.15, 0.2) is 0 Å². The van der Waals surface area contributed by atoms with Crippen LogP contribution in [0.2, 0.25) is 10.0 Å². The fraction of sp³-hybridized carbons (Fsp3) is 0. The third kappa shape index (κ3) is 2.92. The molecular formula is C13H11Cl2N3O. The molecule has 4 nitrogen and oxygen atoms in total. The zero-order valence-corrected chi connectivity index (χ0v) is 11.3. The minimum atomic E-state index is -0.585. The maximum atomic E-state index is 11.2. The predicted molar refractivity (Wildman–Crippen MR) is 79.1 cm³/mol. The van der Waals surface area contributed by atoms with Crippen molar-refractivity contribution in [1.29, 1.82) is 0 Å². The van der Waals surface area contributed by atoms with Crippen molar-refractivity contribution in [3.05, 3.63) is 52.0 Å². The minimum absolute atomic E-state index is 0.253. The quantitative estimate of drug-likeness (QED) is 0.759. The summed E-state index contributed by atoms with van der Waals surface area (Å²) in [7, 11) is 0. The standard InChI is InChI=1S/C13H11Cl2N3O/c14-7-4-5-9(15)11(6-7)18-10-3-1-2-8(12(10)16)13(17)19/h1-6,18H,16H2,(H2,17,19). The third-order valence-corrected chi connectivity index (χ3v) is 3.13. The molecule has 2 rings (SSSR count). The fourth-order valence-corrected chi connectivity index (χ4v) is 1.96. The molecule has 0 aromatic heterocycles.